The SMILES string of the molecule is CC#Cc1ccc(C(=O)Oc2ccc(C(=O)Oc3ccc(OC(=O)C(C)C)cc3)cc2)cc1. The van der Waals surface area contributed by atoms with Crippen molar-refractivity contribution in [1.82, 2.24) is 0 Å². The van der Waals surface area contributed by atoms with Crippen molar-refractivity contribution in [3.05, 3.63) is 89.5 Å². The van der Waals surface area contributed by atoms with Gasteiger partial charge in [0.25, 0.3) is 0 Å². The van der Waals surface area contributed by atoms with Crippen LogP contribution in [0.15, 0.2) is 72.8 Å². The third kappa shape index (κ3) is 6.55. The lowest BCUT2D eigenvalue weighted by Crippen LogP contribution is -2.14. The fourth-order valence-corrected chi connectivity index (χ4v) is 2.63. The van der Waals surface area contributed by atoms with E-state index in [-0.39, 0.29) is 17.5 Å². The Hall–Kier alpha value is -4.37. The quantitative estimate of drug-likeness (QED) is 0.302. The molecule has 0 atom stereocenters. The van der Waals surface area contributed by atoms with Crippen LogP contribution in [0.25, 0.3) is 0 Å². The molecule has 0 N–H and O–H groups in total. The minimum absolute atomic E-state index is 0.244. The minimum Gasteiger partial charge on any atom is -0.426 e. The number of ether oxygens (including phenoxy) is 3. The molecule has 0 saturated heterocycles. The predicted molar refractivity (Wildman–Crippen MR) is 122 cm³/mol. The fourth-order valence-electron chi connectivity index (χ4n) is 2.63. The average Bonchev–Trinajstić information content (AvgIpc) is 2.81. The summed E-state index contributed by atoms with van der Waals surface area (Å²) >= 11 is 0. The van der Waals surface area contributed by atoms with Crippen LogP contribution < -0.4 is 14.2 Å². The summed E-state index contributed by atoms with van der Waals surface area (Å²) in [7, 11) is 0. The molecule has 0 spiro atoms. The van der Waals surface area contributed by atoms with E-state index in [9.17, 15) is 14.4 Å². The molecule has 0 aromatic heterocycles. The summed E-state index contributed by atoms with van der Waals surface area (Å²) in [6.07, 6.45) is 0. The van der Waals surface area contributed by atoms with Crippen LogP contribution in [-0.4, -0.2) is 17.9 Å². The molecule has 3 rings (SSSR count). The van der Waals surface area contributed by atoms with E-state index < -0.39 is 11.9 Å². The van der Waals surface area contributed by atoms with Crippen molar-refractivity contribution in [1.29, 1.82) is 0 Å². The Balaban J connectivity index is 1.57. The van der Waals surface area contributed by atoms with E-state index in [0.29, 0.717) is 22.8 Å². The number of rotatable bonds is 6. The van der Waals surface area contributed by atoms with E-state index >= 15 is 0 Å². The normalized spacial score (nSPS) is 10.1. The Labute approximate surface area is 192 Å². The zero-order chi connectivity index (χ0) is 23.8. The molecule has 33 heavy (non-hydrogen) atoms. The van der Waals surface area contributed by atoms with Crippen molar-refractivity contribution in [2.45, 2.75) is 20.8 Å². The first-order chi connectivity index (χ1) is 15.9. The number of carbonyl (C=O) groups excluding carboxylic acids is 3. The summed E-state index contributed by atoms with van der Waals surface area (Å²) in [6, 6.07) is 19.0. The topological polar surface area (TPSA) is 78.9 Å². The minimum atomic E-state index is -0.576. The summed E-state index contributed by atoms with van der Waals surface area (Å²) in [5, 5.41) is 0. The zero-order valence-electron chi connectivity index (χ0n) is 18.5. The molecule has 0 radical (unpaired) electrons. The summed E-state index contributed by atoms with van der Waals surface area (Å²) in [6.45, 7) is 5.22. The second kappa shape index (κ2) is 10.8. The van der Waals surface area contributed by atoms with Gasteiger partial charge in [-0.05, 0) is 79.7 Å². The molecule has 0 heterocycles. The second-order valence-corrected chi connectivity index (χ2v) is 7.30. The molecular formula is C27H22O6. The molecule has 3 aromatic rings. The number of esters is 3. The predicted octanol–water partition coefficient (Wildman–Crippen LogP) is 5.06. The Kier molecular flexibility index (Phi) is 7.61. The number of hydrogen-bond acceptors (Lipinski definition) is 6. The van der Waals surface area contributed by atoms with Crippen LogP contribution in [0.4, 0.5) is 0 Å². The molecule has 0 saturated carbocycles. The Morgan fingerprint density at radius 1 is 0.636 bits per heavy atom. The van der Waals surface area contributed by atoms with E-state index in [1.165, 1.54) is 36.4 Å². The summed E-state index contributed by atoms with van der Waals surface area (Å²) in [5.41, 5.74) is 1.48. The molecule has 3 aromatic carbocycles. The van der Waals surface area contributed by atoms with Gasteiger partial charge in [0.2, 0.25) is 0 Å². The van der Waals surface area contributed by atoms with Gasteiger partial charge in [-0.3, -0.25) is 4.79 Å². The van der Waals surface area contributed by atoms with E-state index in [2.05, 4.69) is 11.8 Å². The van der Waals surface area contributed by atoms with Gasteiger partial charge in [-0.25, -0.2) is 9.59 Å². The maximum atomic E-state index is 12.4. The average molecular weight is 442 g/mol. The van der Waals surface area contributed by atoms with Gasteiger partial charge in [0.15, 0.2) is 0 Å². The lowest BCUT2D eigenvalue weighted by Gasteiger charge is -2.08. The first-order valence-corrected chi connectivity index (χ1v) is 10.2. The monoisotopic (exact) mass is 442 g/mol. The van der Waals surface area contributed by atoms with Crippen molar-refractivity contribution in [3.8, 4) is 29.1 Å². The fraction of sp³-hybridized carbons (Fsp3) is 0.148. The highest BCUT2D eigenvalue weighted by atomic mass is 16.5. The van der Waals surface area contributed by atoms with Crippen molar-refractivity contribution in [2.75, 3.05) is 0 Å². The molecule has 166 valence electrons. The Bertz CT molecular complexity index is 1190. The largest absolute Gasteiger partial charge is 0.426 e. The third-order valence-electron chi connectivity index (χ3n) is 4.41. The number of benzene rings is 3. The summed E-state index contributed by atoms with van der Waals surface area (Å²) < 4.78 is 15.9. The standard InChI is InChI=1S/C27H22O6/c1-4-5-19-6-8-20(9-7-19)26(29)32-22-12-10-21(11-13-22)27(30)33-24-16-14-23(15-17-24)31-25(28)18(2)3/h6-18H,1-3H3. The molecule has 0 aliphatic rings. The van der Waals surface area contributed by atoms with Gasteiger partial charge in [0.05, 0.1) is 17.0 Å². The molecule has 0 fully saturated rings. The van der Waals surface area contributed by atoms with Crippen LogP contribution in [0.2, 0.25) is 0 Å². The van der Waals surface area contributed by atoms with E-state index in [1.807, 2.05) is 0 Å². The van der Waals surface area contributed by atoms with Gasteiger partial charge in [0.1, 0.15) is 17.2 Å². The van der Waals surface area contributed by atoms with Crippen LogP contribution in [0.5, 0.6) is 17.2 Å². The second-order valence-electron chi connectivity index (χ2n) is 7.30. The van der Waals surface area contributed by atoms with Gasteiger partial charge >= 0.3 is 17.9 Å². The molecule has 0 aliphatic heterocycles. The first kappa shape index (κ1) is 23.3. The highest BCUT2D eigenvalue weighted by Crippen LogP contribution is 2.21. The lowest BCUT2D eigenvalue weighted by atomic mass is 10.1. The van der Waals surface area contributed by atoms with Gasteiger partial charge in [-0.1, -0.05) is 19.8 Å². The van der Waals surface area contributed by atoms with Gasteiger partial charge in [0, 0.05) is 5.56 Å². The summed E-state index contributed by atoms with van der Waals surface area (Å²) in [5.74, 6) is 4.99. The molecule has 0 amide bonds. The zero-order valence-corrected chi connectivity index (χ0v) is 18.5. The van der Waals surface area contributed by atoms with E-state index in [0.717, 1.165) is 5.56 Å². The van der Waals surface area contributed by atoms with Gasteiger partial charge < -0.3 is 14.2 Å². The highest BCUT2D eigenvalue weighted by Gasteiger charge is 2.13. The van der Waals surface area contributed by atoms with Crippen LogP contribution in [0, 0.1) is 17.8 Å². The van der Waals surface area contributed by atoms with Crippen molar-refractivity contribution in [3.63, 3.8) is 0 Å². The summed E-state index contributed by atoms with van der Waals surface area (Å²) in [4.78, 5) is 36.3. The first-order valence-electron chi connectivity index (χ1n) is 10.2. The number of carbonyl (C=O) groups is 3. The number of hydrogen-bond donors (Lipinski definition) is 0. The van der Waals surface area contributed by atoms with Gasteiger partial charge in [-0.15, -0.1) is 5.92 Å². The van der Waals surface area contributed by atoms with Crippen LogP contribution in [-0.2, 0) is 4.79 Å². The maximum Gasteiger partial charge on any atom is 0.343 e. The van der Waals surface area contributed by atoms with Crippen molar-refractivity contribution in [2.24, 2.45) is 5.92 Å². The van der Waals surface area contributed by atoms with E-state index in [4.69, 9.17) is 14.2 Å². The molecular weight excluding hydrogens is 420 g/mol. The van der Waals surface area contributed by atoms with E-state index in [1.54, 1.807) is 57.2 Å². The Morgan fingerprint density at radius 2 is 1.03 bits per heavy atom. The third-order valence-corrected chi connectivity index (χ3v) is 4.41. The maximum absolute atomic E-state index is 12.4. The molecule has 0 unspecified atom stereocenters. The van der Waals surface area contributed by atoms with Crippen LogP contribution in [0.1, 0.15) is 47.1 Å². The van der Waals surface area contributed by atoms with Crippen molar-refractivity contribution < 1.29 is 28.6 Å². The van der Waals surface area contributed by atoms with Gasteiger partial charge in [-0.2, -0.15) is 0 Å². The van der Waals surface area contributed by atoms with Crippen LogP contribution >= 0.6 is 0 Å². The van der Waals surface area contributed by atoms with Crippen LogP contribution in [0.3, 0.4) is 0 Å². The smallest absolute Gasteiger partial charge is 0.343 e. The Morgan fingerprint density at radius 3 is 1.45 bits per heavy atom. The molecule has 0 aliphatic carbocycles. The highest BCUT2D eigenvalue weighted by molar-refractivity contribution is 5.92. The van der Waals surface area contributed by atoms with Crippen molar-refractivity contribution >= 4 is 17.9 Å². The molecule has 6 heteroatoms. The molecule has 6 nitrogen and oxygen atoms in total. The lowest BCUT2D eigenvalue weighted by molar-refractivity contribution is -0.137. The molecule has 0 bridgehead atoms.